The summed E-state index contributed by atoms with van der Waals surface area (Å²) in [6, 6.07) is 13.1. The van der Waals surface area contributed by atoms with Crippen LogP contribution in [0.3, 0.4) is 0 Å². The van der Waals surface area contributed by atoms with Gasteiger partial charge < -0.3 is 14.6 Å². The number of fused-ring (bicyclic) bond motifs is 1. The molecule has 3 rings (SSSR count). The van der Waals surface area contributed by atoms with Gasteiger partial charge in [-0.2, -0.15) is 0 Å². The summed E-state index contributed by atoms with van der Waals surface area (Å²) in [6.07, 6.45) is 3.34. The Bertz CT molecular complexity index is 590. The van der Waals surface area contributed by atoms with Gasteiger partial charge in [0.25, 0.3) is 0 Å². The largest absolute Gasteiger partial charge is 0.493 e. The molecular formula is C18H24N2O. The van der Waals surface area contributed by atoms with E-state index in [1.807, 2.05) is 6.07 Å². The van der Waals surface area contributed by atoms with Gasteiger partial charge in [-0.1, -0.05) is 25.1 Å². The van der Waals surface area contributed by atoms with Gasteiger partial charge in [0.1, 0.15) is 5.75 Å². The minimum atomic E-state index is 0.387. The van der Waals surface area contributed by atoms with Gasteiger partial charge in [0.2, 0.25) is 0 Å². The van der Waals surface area contributed by atoms with Crippen LogP contribution in [0.15, 0.2) is 42.6 Å². The third kappa shape index (κ3) is 2.98. The molecule has 3 heteroatoms. The predicted octanol–water partition coefficient (Wildman–Crippen LogP) is 3.72. The van der Waals surface area contributed by atoms with Gasteiger partial charge in [0.05, 0.1) is 6.61 Å². The fourth-order valence-electron chi connectivity index (χ4n) is 3.07. The van der Waals surface area contributed by atoms with Crippen LogP contribution in [0.1, 0.15) is 43.5 Å². The highest BCUT2D eigenvalue weighted by atomic mass is 16.5. The lowest BCUT2D eigenvalue weighted by Crippen LogP contribution is -2.23. The van der Waals surface area contributed by atoms with E-state index in [0.717, 1.165) is 31.9 Å². The molecule has 0 saturated heterocycles. The van der Waals surface area contributed by atoms with Crippen molar-refractivity contribution in [3.05, 3.63) is 53.9 Å². The fraction of sp³-hybridized carbons (Fsp3) is 0.444. The highest BCUT2D eigenvalue weighted by Crippen LogP contribution is 2.34. The molecule has 1 aromatic heterocycles. The standard InChI is InChI=1S/C18H24N2O/c1-3-10-19-14(2)17-8-6-11-20(17)12-15-13-21-18-9-5-4-7-16(15)18/h4-9,11,14-15,19H,3,10,12-13H2,1-2H3. The molecule has 1 aromatic carbocycles. The Labute approximate surface area is 126 Å². The van der Waals surface area contributed by atoms with Crippen LogP contribution in [0.2, 0.25) is 0 Å². The van der Waals surface area contributed by atoms with Gasteiger partial charge in [-0.15, -0.1) is 0 Å². The predicted molar refractivity (Wildman–Crippen MR) is 85.8 cm³/mol. The van der Waals surface area contributed by atoms with Gasteiger partial charge in [-0.25, -0.2) is 0 Å². The van der Waals surface area contributed by atoms with Crippen LogP contribution >= 0.6 is 0 Å². The quantitative estimate of drug-likeness (QED) is 0.875. The van der Waals surface area contributed by atoms with E-state index in [2.05, 4.69) is 60.3 Å². The van der Waals surface area contributed by atoms with Crippen LogP contribution in [0.4, 0.5) is 0 Å². The summed E-state index contributed by atoms with van der Waals surface area (Å²) in [6.45, 7) is 7.26. The van der Waals surface area contributed by atoms with Crippen LogP contribution in [-0.4, -0.2) is 17.7 Å². The Morgan fingerprint density at radius 2 is 2.14 bits per heavy atom. The second-order valence-corrected chi connectivity index (χ2v) is 5.81. The first kappa shape index (κ1) is 14.2. The molecule has 3 nitrogen and oxygen atoms in total. The molecular weight excluding hydrogens is 260 g/mol. The Balaban J connectivity index is 1.73. The first-order valence-corrected chi connectivity index (χ1v) is 7.89. The van der Waals surface area contributed by atoms with Crippen molar-refractivity contribution < 1.29 is 4.74 Å². The molecule has 21 heavy (non-hydrogen) atoms. The van der Waals surface area contributed by atoms with Crippen molar-refractivity contribution in [3.8, 4) is 5.75 Å². The van der Waals surface area contributed by atoms with E-state index in [1.54, 1.807) is 0 Å². The van der Waals surface area contributed by atoms with Gasteiger partial charge in [0.15, 0.2) is 0 Å². The second-order valence-electron chi connectivity index (χ2n) is 5.81. The van der Waals surface area contributed by atoms with Crippen LogP contribution in [0, 0.1) is 0 Å². The number of hydrogen-bond donors (Lipinski definition) is 1. The summed E-state index contributed by atoms with van der Waals surface area (Å²) in [5, 5.41) is 3.57. The van der Waals surface area contributed by atoms with E-state index in [1.165, 1.54) is 11.3 Å². The molecule has 2 heterocycles. The van der Waals surface area contributed by atoms with E-state index in [-0.39, 0.29) is 0 Å². The van der Waals surface area contributed by atoms with E-state index >= 15 is 0 Å². The maximum Gasteiger partial charge on any atom is 0.122 e. The van der Waals surface area contributed by atoms with Gasteiger partial charge in [0, 0.05) is 36.0 Å². The van der Waals surface area contributed by atoms with Crippen molar-refractivity contribution >= 4 is 0 Å². The summed E-state index contributed by atoms with van der Waals surface area (Å²) in [5.74, 6) is 1.50. The van der Waals surface area contributed by atoms with Gasteiger partial charge in [-0.05, 0) is 38.1 Å². The Hall–Kier alpha value is -1.74. The minimum absolute atomic E-state index is 0.387. The van der Waals surface area contributed by atoms with E-state index in [4.69, 9.17) is 4.74 Å². The molecule has 112 valence electrons. The van der Waals surface area contributed by atoms with E-state index in [0.29, 0.717) is 12.0 Å². The number of aromatic nitrogens is 1. The average molecular weight is 284 g/mol. The molecule has 0 spiro atoms. The highest BCUT2D eigenvalue weighted by Gasteiger charge is 2.24. The number of nitrogens with zero attached hydrogens (tertiary/aromatic N) is 1. The van der Waals surface area contributed by atoms with Crippen molar-refractivity contribution in [2.75, 3.05) is 13.2 Å². The average Bonchev–Trinajstić information content (AvgIpc) is 3.13. The topological polar surface area (TPSA) is 26.2 Å². The van der Waals surface area contributed by atoms with Crippen molar-refractivity contribution in [1.82, 2.24) is 9.88 Å². The van der Waals surface area contributed by atoms with Gasteiger partial charge in [-0.3, -0.25) is 0 Å². The Morgan fingerprint density at radius 1 is 1.29 bits per heavy atom. The third-order valence-electron chi connectivity index (χ3n) is 4.22. The smallest absolute Gasteiger partial charge is 0.122 e. The monoisotopic (exact) mass is 284 g/mol. The minimum Gasteiger partial charge on any atom is -0.493 e. The first-order chi connectivity index (χ1) is 10.3. The van der Waals surface area contributed by atoms with Crippen molar-refractivity contribution in [3.63, 3.8) is 0 Å². The number of ether oxygens (including phenoxy) is 1. The molecule has 0 bridgehead atoms. The maximum atomic E-state index is 5.80. The summed E-state index contributed by atoms with van der Waals surface area (Å²) < 4.78 is 8.16. The van der Waals surface area contributed by atoms with Crippen LogP contribution in [-0.2, 0) is 6.54 Å². The molecule has 1 aliphatic rings. The number of benzene rings is 1. The molecule has 0 fully saturated rings. The number of nitrogens with one attached hydrogen (secondary N) is 1. The van der Waals surface area contributed by atoms with Crippen molar-refractivity contribution in [2.24, 2.45) is 0 Å². The summed E-state index contributed by atoms with van der Waals surface area (Å²) >= 11 is 0. The Morgan fingerprint density at radius 3 is 3.00 bits per heavy atom. The molecule has 0 amide bonds. The second kappa shape index (κ2) is 6.35. The third-order valence-corrected chi connectivity index (χ3v) is 4.22. The molecule has 0 aliphatic carbocycles. The first-order valence-electron chi connectivity index (χ1n) is 7.89. The number of hydrogen-bond acceptors (Lipinski definition) is 2. The van der Waals surface area contributed by atoms with E-state index < -0.39 is 0 Å². The van der Waals surface area contributed by atoms with Crippen LogP contribution in [0.5, 0.6) is 5.75 Å². The SMILES string of the molecule is CCCNC(C)c1cccn1CC1COc2ccccc21. The zero-order valence-corrected chi connectivity index (χ0v) is 12.9. The van der Waals surface area contributed by atoms with Gasteiger partial charge >= 0.3 is 0 Å². The zero-order valence-electron chi connectivity index (χ0n) is 12.9. The molecule has 0 saturated carbocycles. The van der Waals surface area contributed by atoms with E-state index in [9.17, 15) is 0 Å². The molecule has 2 unspecified atom stereocenters. The highest BCUT2D eigenvalue weighted by molar-refractivity contribution is 5.39. The summed E-state index contributed by atoms with van der Waals surface area (Å²) in [7, 11) is 0. The lowest BCUT2D eigenvalue weighted by Gasteiger charge is -2.19. The van der Waals surface area contributed by atoms with Crippen molar-refractivity contribution in [2.45, 2.75) is 38.8 Å². The van der Waals surface area contributed by atoms with Crippen molar-refractivity contribution in [1.29, 1.82) is 0 Å². The lowest BCUT2D eigenvalue weighted by molar-refractivity contribution is 0.317. The van der Waals surface area contributed by atoms with Crippen LogP contribution in [0.25, 0.3) is 0 Å². The Kier molecular flexibility index (Phi) is 4.30. The number of rotatable bonds is 6. The fourth-order valence-corrected chi connectivity index (χ4v) is 3.07. The van der Waals surface area contributed by atoms with Crippen LogP contribution < -0.4 is 10.1 Å². The summed E-state index contributed by atoms with van der Waals surface area (Å²) in [5.41, 5.74) is 2.69. The number of para-hydroxylation sites is 1. The molecule has 1 aliphatic heterocycles. The lowest BCUT2D eigenvalue weighted by atomic mass is 10.0. The normalized spacial score (nSPS) is 18.3. The molecule has 2 atom stereocenters. The molecule has 1 N–H and O–H groups in total. The zero-order chi connectivity index (χ0) is 14.7. The summed E-state index contributed by atoms with van der Waals surface area (Å²) in [4.78, 5) is 0. The maximum absolute atomic E-state index is 5.80. The molecule has 0 radical (unpaired) electrons. The molecule has 2 aromatic rings.